The summed E-state index contributed by atoms with van der Waals surface area (Å²) < 4.78 is 0. The van der Waals surface area contributed by atoms with Crippen LogP contribution in [-0.4, -0.2) is 14.8 Å². The van der Waals surface area contributed by atoms with Crippen LogP contribution in [0.25, 0.3) is 33.0 Å². The summed E-state index contributed by atoms with van der Waals surface area (Å²) in [7, 11) is 0. The summed E-state index contributed by atoms with van der Waals surface area (Å²) in [6.45, 7) is 0. The van der Waals surface area contributed by atoms with Gasteiger partial charge in [0.1, 0.15) is 5.39 Å². The van der Waals surface area contributed by atoms with Crippen LogP contribution in [0.15, 0.2) is 42.5 Å². The highest BCUT2D eigenvalue weighted by atomic mass is 16.6. The minimum absolute atomic E-state index is 0.0659. The Morgan fingerprint density at radius 2 is 1.08 bits per heavy atom. The van der Waals surface area contributed by atoms with Crippen LogP contribution in [0.3, 0.4) is 0 Å². The van der Waals surface area contributed by atoms with Crippen molar-refractivity contribution in [3.8, 4) is 22.3 Å². The van der Waals surface area contributed by atoms with E-state index in [9.17, 15) is 30.3 Å². The molecule has 25 heavy (non-hydrogen) atoms. The minimum Gasteiger partial charge on any atom is -0.258 e. The van der Waals surface area contributed by atoms with Crippen LogP contribution in [0.1, 0.15) is 0 Å². The fourth-order valence-electron chi connectivity index (χ4n) is 3.32. The Labute approximate surface area is 138 Å². The molecule has 122 valence electrons. The van der Waals surface area contributed by atoms with Crippen LogP contribution in [-0.2, 0) is 0 Å². The largest absolute Gasteiger partial charge is 0.284 e. The lowest BCUT2D eigenvalue weighted by molar-refractivity contribution is -0.390. The molecule has 0 aliphatic heterocycles. The number of fused-ring (bicyclic) bond motifs is 3. The maximum atomic E-state index is 11.3. The molecule has 0 amide bonds. The standard InChI is InChI=1S/C16H7N3O6/c20-17(21)8-1-2-9-10-3-5-13(18(22)23)16-14(19(24)25)6-4-11(15(10)16)12(9)7-8/h1-7H. The lowest BCUT2D eigenvalue weighted by Gasteiger charge is -2.04. The molecule has 3 aromatic rings. The Morgan fingerprint density at radius 3 is 1.60 bits per heavy atom. The molecule has 0 atom stereocenters. The summed E-state index contributed by atoms with van der Waals surface area (Å²) >= 11 is 0. The van der Waals surface area contributed by atoms with Crippen LogP contribution >= 0.6 is 0 Å². The van der Waals surface area contributed by atoms with Crippen LogP contribution in [0.4, 0.5) is 17.1 Å². The van der Waals surface area contributed by atoms with E-state index < -0.39 is 14.8 Å². The molecule has 0 radical (unpaired) electrons. The Morgan fingerprint density at radius 1 is 0.560 bits per heavy atom. The van der Waals surface area contributed by atoms with E-state index in [1.54, 1.807) is 6.07 Å². The van der Waals surface area contributed by atoms with E-state index in [4.69, 9.17) is 0 Å². The van der Waals surface area contributed by atoms with E-state index >= 15 is 0 Å². The lowest BCUT2D eigenvalue weighted by Crippen LogP contribution is -1.95. The van der Waals surface area contributed by atoms with Gasteiger partial charge in [0, 0.05) is 29.7 Å². The highest BCUT2D eigenvalue weighted by molar-refractivity contribution is 6.20. The number of non-ortho nitro benzene ring substituents is 3. The zero-order valence-corrected chi connectivity index (χ0v) is 12.3. The zero-order valence-electron chi connectivity index (χ0n) is 12.3. The first-order valence-electron chi connectivity index (χ1n) is 7.08. The molecule has 9 heteroatoms. The fraction of sp³-hybridized carbons (Fsp3) is 0. The van der Waals surface area contributed by atoms with Crippen LogP contribution in [0.5, 0.6) is 0 Å². The Bertz CT molecular complexity index is 1120. The van der Waals surface area contributed by atoms with Gasteiger partial charge in [0.25, 0.3) is 17.1 Å². The third kappa shape index (κ3) is 1.89. The first-order valence-corrected chi connectivity index (χ1v) is 7.08. The molecule has 0 fully saturated rings. The molecule has 4 rings (SSSR count). The topological polar surface area (TPSA) is 129 Å². The maximum absolute atomic E-state index is 11.3. The predicted octanol–water partition coefficient (Wildman–Crippen LogP) is 4.21. The maximum Gasteiger partial charge on any atom is 0.284 e. The number of benzene rings is 3. The number of hydrogen-bond acceptors (Lipinski definition) is 6. The molecule has 1 aliphatic carbocycles. The molecule has 0 saturated heterocycles. The van der Waals surface area contributed by atoms with E-state index in [1.165, 1.54) is 36.4 Å². The average molecular weight is 337 g/mol. The smallest absolute Gasteiger partial charge is 0.258 e. The summed E-state index contributed by atoms with van der Waals surface area (Å²) in [6.07, 6.45) is 0. The van der Waals surface area contributed by atoms with Gasteiger partial charge in [-0.25, -0.2) is 0 Å². The second-order valence-electron chi connectivity index (χ2n) is 5.52. The van der Waals surface area contributed by atoms with E-state index in [0.29, 0.717) is 27.6 Å². The van der Waals surface area contributed by atoms with Crippen molar-refractivity contribution < 1.29 is 14.8 Å². The molecule has 1 aliphatic rings. The van der Waals surface area contributed by atoms with E-state index in [0.717, 1.165) is 0 Å². The molecule has 0 unspecified atom stereocenters. The first-order chi connectivity index (χ1) is 11.9. The number of hydrogen-bond donors (Lipinski definition) is 0. The average Bonchev–Trinajstić information content (AvgIpc) is 2.90. The summed E-state index contributed by atoms with van der Waals surface area (Å²) in [6, 6.07) is 9.69. The molecular weight excluding hydrogens is 330 g/mol. The van der Waals surface area contributed by atoms with Gasteiger partial charge >= 0.3 is 0 Å². The molecule has 0 bridgehead atoms. The quantitative estimate of drug-likeness (QED) is 0.406. The van der Waals surface area contributed by atoms with Crippen LogP contribution in [0.2, 0.25) is 0 Å². The van der Waals surface area contributed by atoms with E-state index in [1.807, 2.05) is 0 Å². The predicted molar refractivity (Wildman–Crippen MR) is 88.3 cm³/mol. The van der Waals surface area contributed by atoms with Crippen molar-refractivity contribution in [1.29, 1.82) is 0 Å². The van der Waals surface area contributed by atoms with Gasteiger partial charge in [0.05, 0.1) is 14.8 Å². The van der Waals surface area contributed by atoms with Crippen LogP contribution < -0.4 is 0 Å². The SMILES string of the molecule is O=[N+]([O-])c1ccc2c(c1)-c1ccc([N+](=O)[O-])c3c([N+](=O)[O-])ccc-2c13. The summed E-state index contributed by atoms with van der Waals surface area (Å²) in [4.78, 5) is 31.9. The highest BCUT2D eigenvalue weighted by Gasteiger charge is 2.31. The van der Waals surface area contributed by atoms with Gasteiger partial charge in [-0.3, -0.25) is 30.3 Å². The van der Waals surface area contributed by atoms with Gasteiger partial charge in [-0.15, -0.1) is 0 Å². The monoisotopic (exact) mass is 337 g/mol. The van der Waals surface area contributed by atoms with Crippen molar-refractivity contribution in [3.63, 3.8) is 0 Å². The van der Waals surface area contributed by atoms with Crippen molar-refractivity contribution in [2.75, 3.05) is 0 Å². The molecule has 3 aromatic carbocycles. The van der Waals surface area contributed by atoms with Crippen molar-refractivity contribution in [3.05, 3.63) is 72.8 Å². The van der Waals surface area contributed by atoms with E-state index in [2.05, 4.69) is 0 Å². The third-order valence-corrected chi connectivity index (χ3v) is 4.30. The molecule has 0 heterocycles. The molecule has 9 nitrogen and oxygen atoms in total. The summed E-state index contributed by atoms with van der Waals surface area (Å²) in [5.41, 5.74) is 1.43. The number of nitro benzene ring substituents is 3. The Balaban J connectivity index is 2.17. The van der Waals surface area contributed by atoms with Crippen molar-refractivity contribution in [1.82, 2.24) is 0 Å². The Hall–Kier alpha value is -3.88. The summed E-state index contributed by atoms with van der Waals surface area (Å²) in [5.74, 6) is 0. The Kier molecular flexibility index (Phi) is 2.83. The number of rotatable bonds is 3. The van der Waals surface area contributed by atoms with Gasteiger partial charge in [-0.05, 0) is 40.5 Å². The highest BCUT2D eigenvalue weighted by Crippen LogP contribution is 2.52. The molecule has 0 saturated carbocycles. The molecule has 0 N–H and O–H groups in total. The molecule has 0 spiro atoms. The van der Waals surface area contributed by atoms with Gasteiger partial charge in [0.15, 0.2) is 0 Å². The summed E-state index contributed by atoms with van der Waals surface area (Å²) in [5, 5.41) is 34.0. The fourth-order valence-corrected chi connectivity index (χ4v) is 3.32. The number of nitro groups is 3. The van der Waals surface area contributed by atoms with Crippen molar-refractivity contribution in [2.24, 2.45) is 0 Å². The second kappa shape index (κ2) is 4.81. The van der Waals surface area contributed by atoms with Gasteiger partial charge in [0.2, 0.25) is 0 Å². The normalized spacial score (nSPS) is 11.4. The first kappa shape index (κ1) is 14.7. The second-order valence-corrected chi connectivity index (χ2v) is 5.52. The van der Waals surface area contributed by atoms with Gasteiger partial charge in [-0.2, -0.15) is 0 Å². The minimum atomic E-state index is -0.665. The molecular formula is C16H7N3O6. The van der Waals surface area contributed by atoms with Crippen molar-refractivity contribution in [2.45, 2.75) is 0 Å². The molecule has 0 aromatic heterocycles. The number of nitrogens with zero attached hydrogens (tertiary/aromatic N) is 3. The zero-order chi connectivity index (χ0) is 17.9. The lowest BCUT2D eigenvalue weighted by atomic mass is 10.00. The van der Waals surface area contributed by atoms with Gasteiger partial charge in [-0.1, -0.05) is 0 Å². The van der Waals surface area contributed by atoms with Crippen LogP contribution in [0, 0.1) is 30.3 Å². The van der Waals surface area contributed by atoms with Gasteiger partial charge < -0.3 is 0 Å². The van der Waals surface area contributed by atoms with Crippen molar-refractivity contribution >= 4 is 27.8 Å². The van der Waals surface area contributed by atoms with E-state index in [-0.39, 0.29) is 22.4 Å². The third-order valence-electron chi connectivity index (χ3n) is 4.30.